The number of hydrogen-bond acceptors (Lipinski definition) is 4. The summed E-state index contributed by atoms with van der Waals surface area (Å²) in [5.74, 6) is 0.236. The van der Waals surface area contributed by atoms with Crippen molar-refractivity contribution in [2.45, 2.75) is 38.1 Å². The fourth-order valence-electron chi connectivity index (χ4n) is 3.68. The van der Waals surface area contributed by atoms with E-state index in [1.165, 1.54) is 6.42 Å². The number of nitrogens with zero attached hydrogens (tertiary/aromatic N) is 3. The van der Waals surface area contributed by atoms with Crippen molar-refractivity contribution in [3.8, 4) is 5.75 Å². The molecule has 2 aliphatic rings. The second kappa shape index (κ2) is 7.29. The predicted octanol–water partition coefficient (Wildman–Crippen LogP) is 2.02. The highest BCUT2D eigenvalue weighted by atomic mass is 32.2. The lowest BCUT2D eigenvalue weighted by Crippen LogP contribution is -2.54. The van der Waals surface area contributed by atoms with E-state index in [9.17, 15) is 13.5 Å². The Kier molecular flexibility index (Phi) is 5.32. The smallest absolute Gasteiger partial charge is 0.282 e. The molecule has 1 heterocycles. The van der Waals surface area contributed by atoms with Crippen molar-refractivity contribution in [2.75, 3.05) is 38.1 Å². The second-order valence-corrected chi connectivity index (χ2v) is 8.71. The van der Waals surface area contributed by atoms with Crippen molar-refractivity contribution in [1.82, 2.24) is 8.61 Å². The zero-order valence-corrected chi connectivity index (χ0v) is 15.1. The summed E-state index contributed by atoms with van der Waals surface area (Å²) in [5, 5.41) is 9.60. The highest BCUT2D eigenvalue weighted by molar-refractivity contribution is 7.86. The van der Waals surface area contributed by atoms with E-state index in [0.29, 0.717) is 26.2 Å². The first-order valence-corrected chi connectivity index (χ1v) is 10.2. The first-order valence-electron chi connectivity index (χ1n) is 8.75. The van der Waals surface area contributed by atoms with Crippen LogP contribution in [0.2, 0.25) is 0 Å². The molecule has 0 unspecified atom stereocenters. The van der Waals surface area contributed by atoms with Gasteiger partial charge in [-0.3, -0.25) is 0 Å². The number of phenolic OH excluding ortho intramolecular Hbond substituents is 1. The lowest BCUT2D eigenvalue weighted by atomic mass is 9.96. The summed E-state index contributed by atoms with van der Waals surface area (Å²) >= 11 is 0. The maximum absolute atomic E-state index is 12.9. The average Bonchev–Trinajstić information content (AvgIpc) is 2.62. The van der Waals surface area contributed by atoms with E-state index >= 15 is 0 Å². The third kappa shape index (κ3) is 3.68. The fraction of sp³-hybridized carbons (Fsp3) is 0.647. The molecule has 1 aromatic rings. The average molecular weight is 353 g/mol. The molecule has 2 fully saturated rings. The molecule has 0 radical (unpaired) electrons. The molecule has 0 amide bonds. The number of piperazine rings is 1. The van der Waals surface area contributed by atoms with E-state index in [2.05, 4.69) is 4.90 Å². The van der Waals surface area contributed by atoms with Crippen LogP contribution in [0.25, 0.3) is 0 Å². The summed E-state index contributed by atoms with van der Waals surface area (Å²) in [4.78, 5) is 2.12. The van der Waals surface area contributed by atoms with Gasteiger partial charge in [-0.25, -0.2) is 0 Å². The van der Waals surface area contributed by atoms with Gasteiger partial charge in [0.2, 0.25) is 0 Å². The van der Waals surface area contributed by atoms with E-state index in [-0.39, 0.29) is 11.8 Å². The van der Waals surface area contributed by atoms with Crippen LogP contribution < -0.4 is 4.90 Å². The number of rotatable bonds is 4. The fourth-order valence-corrected chi connectivity index (χ4v) is 5.26. The Morgan fingerprint density at radius 2 is 1.75 bits per heavy atom. The molecule has 1 aliphatic carbocycles. The monoisotopic (exact) mass is 353 g/mol. The van der Waals surface area contributed by atoms with Gasteiger partial charge in [0.1, 0.15) is 5.75 Å². The van der Waals surface area contributed by atoms with Crippen molar-refractivity contribution in [2.24, 2.45) is 0 Å². The van der Waals surface area contributed by atoms with Gasteiger partial charge in [0.25, 0.3) is 10.2 Å². The third-order valence-electron chi connectivity index (χ3n) is 5.21. The Balaban J connectivity index is 1.62. The second-order valence-electron chi connectivity index (χ2n) is 6.72. The van der Waals surface area contributed by atoms with Crippen molar-refractivity contribution < 1.29 is 13.5 Å². The van der Waals surface area contributed by atoms with E-state index in [1.54, 1.807) is 27.8 Å². The van der Waals surface area contributed by atoms with Crippen LogP contribution in [0.3, 0.4) is 0 Å². The largest absolute Gasteiger partial charge is 0.508 e. The van der Waals surface area contributed by atoms with E-state index < -0.39 is 10.2 Å². The summed E-state index contributed by atoms with van der Waals surface area (Å²) in [5.41, 5.74) is 0.938. The first-order chi connectivity index (χ1) is 11.5. The molecule has 3 rings (SSSR count). The highest BCUT2D eigenvalue weighted by Crippen LogP contribution is 2.26. The normalized spacial score (nSPS) is 21.3. The lowest BCUT2D eigenvalue weighted by molar-refractivity contribution is 0.259. The van der Waals surface area contributed by atoms with Crippen LogP contribution in [0.5, 0.6) is 5.75 Å². The van der Waals surface area contributed by atoms with Crippen LogP contribution in [0.15, 0.2) is 24.3 Å². The molecule has 1 aromatic carbocycles. The molecule has 0 atom stereocenters. The van der Waals surface area contributed by atoms with Crippen LogP contribution >= 0.6 is 0 Å². The van der Waals surface area contributed by atoms with Crippen molar-refractivity contribution in [1.29, 1.82) is 0 Å². The van der Waals surface area contributed by atoms with Crippen molar-refractivity contribution in [3.63, 3.8) is 0 Å². The Labute approximate surface area is 144 Å². The molecule has 1 N–H and O–H groups in total. The number of hydrogen-bond donors (Lipinski definition) is 1. The molecule has 0 spiro atoms. The quantitative estimate of drug-likeness (QED) is 0.899. The highest BCUT2D eigenvalue weighted by Gasteiger charge is 2.34. The van der Waals surface area contributed by atoms with Gasteiger partial charge in [-0.1, -0.05) is 25.3 Å². The summed E-state index contributed by atoms with van der Waals surface area (Å²) in [6.07, 6.45) is 5.40. The molecular formula is C17H27N3O3S. The molecule has 1 saturated heterocycles. The van der Waals surface area contributed by atoms with Gasteiger partial charge in [0.05, 0.1) is 0 Å². The third-order valence-corrected chi connectivity index (χ3v) is 7.26. The Morgan fingerprint density at radius 3 is 2.38 bits per heavy atom. The van der Waals surface area contributed by atoms with E-state index in [0.717, 1.165) is 31.4 Å². The summed E-state index contributed by atoms with van der Waals surface area (Å²) in [6, 6.07) is 7.26. The number of aromatic hydroxyl groups is 1. The van der Waals surface area contributed by atoms with Crippen LogP contribution in [0.4, 0.5) is 5.69 Å². The van der Waals surface area contributed by atoms with Crippen LogP contribution in [-0.2, 0) is 10.2 Å². The SMILES string of the molecule is CN(C1CCCCC1)S(=O)(=O)N1CCN(c2cccc(O)c2)CC1. The van der Waals surface area contributed by atoms with Crippen LogP contribution in [0.1, 0.15) is 32.1 Å². The minimum atomic E-state index is -3.38. The Morgan fingerprint density at radius 1 is 1.08 bits per heavy atom. The molecular weight excluding hydrogens is 326 g/mol. The molecule has 1 aliphatic heterocycles. The zero-order chi connectivity index (χ0) is 17.2. The van der Waals surface area contributed by atoms with Crippen LogP contribution in [0, 0.1) is 0 Å². The summed E-state index contributed by atoms with van der Waals surface area (Å²) in [7, 11) is -1.66. The maximum Gasteiger partial charge on any atom is 0.282 e. The van der Waals surface area contributed by atoms with Gasteiger partial charge < -0.3 is 10.0 Å². The molecule has 1 saturated carbocycles. The van der Waals surface area contributed by atoms with Crippen LogP contribution in [-0.4, -0.2) is 61.4 Å². The van der Waals surface area contributed by atoms with Crippen molar-refractivity contribution in [3.05, 3.63) is 24.3 Å². The Hall–Kier alpha value is -1.31. The summed E-state index contributed by atoms with van der Waals surface area (Å²) < 4.78 is 28.9. The lowest BCUT2D eigenvalue weighted by Gasteiger charge is -2.39. The standard InChI is InChI=1S/C17H27N3O3S/c1-18(15-6-3-2-4-7-15)24(22,23)20-12-10-19(11-13-20)16-8-5-9-17(21)14-16/h5,8-9,14-15,21H,2-4,6-7,10-13H2,1H3. The molecule has 0 aromatic heterocycles. The molecule has 7 heteroatoms. The molecule has 134 valence electrons. The molecule has 6 nitrogen and oxygen atoms in total. The van der Waals surface area contributed by atoms with Gasteiger partial charge in [-0.05, 0) is 25.0 Å². The van der Waals surface area contributed by atoms with Gasteiger partial charge in [0, 0.05) is 51.0 Å². The predicted molar refractivity (Wildman–Crippen MR) is 95.4 cm³/mol. The minimum absolute atomic E-state index is 0.146. The molecule has 24 heavy (non-hydrogen) atoms. The van der Waals surface area contributed by atoms with Crippen molar-refractivity contribution >= 4 is 15.9 Å². The Bertz CT molecular complexity index is 651. The molecule has 0 bridgehead atoms. The minimum Gasteiger partial charge on any atom is -0.508 e. The zero-order valence-electron chi connectivity index (χ0n) is 14.3. The summed E-state index contributed by atoms with van der Waals surface area (Å²) in [6.45, 7) is 2.24. The number of phenols is 1. The topological polar surface area (TPSA) is 64.1 Å². The maximum atomic E-state index is 12.9. The van der Waals surface area contributed by atoms with Gasteiger partial charge >= 0.3 is 0 Å². The van der Waals surface area contributed by atoms with E-state index in [4.69, 9.17) is 0 Å². The number of anilines is 1. The number of benzene rings is 1. The first kappa shape index (κ1) is 17.5. The van der Waals surface area contributed by atoms with E-state index in [1.807, 2.05) is 12.1 Å². The van der Waals surface area contributed by atoms with Gasteiger partial charge in [-0.15, -0.1) is 0 Å². The van der Waals surface area contributed by atoms with Gasteiger partial charge in [-0.2, -0.15) is 17.0 Å². The van der Waals surface area contributed by atoms with Gasteiger partial charge in [0.15, 0.2) is 0 Å².